The molecule has 0 bridgehead atoms. The Balaban J connectivity index is 3.08. The van der Waals surface area contributed by atoms with Crippen LogP contribution < -0.4 is 10.1 Å². The van der Waals surface area contributed by atoms with Crippen molar-refractivity contribution < 1.29 is 9.53 Å². The molecule has 14 heavy (non-hydrogen) atoms. The molecule has 1 rings (SSSR count). The predicted molar refractivity (Wildman–Crippen MR) is 57.0 cm³/mol. The third-order valence-corrected chi connectivity index (χ3v) is 2.10. The van der Waals surface area contributed by atoms with Crippen LogP contribution in [0.2, 0.25) is 5.02 Å². The molecule has 4 heteroatoms. The van der Waals surface area contributed by atoms with Crippen LogP contribution in [0.5, 0.6) is 5.75 Å². The Bertz CT molecular complexity index is 363. The second-order valence-electron chi connectivity index (χ2n) is 2.98. The van der Waals surface area contributed by atoms with Crippen molar-refractivity contribution in [1.82, 2.24) is 0 Å². The molecule has 0 fully saturated rings. The number of hydrogen-bond donors (Lipinski definition) is 1. The average molecular weight is 214 g/mol. The van der Waals surface area contributed by atoms with Gasteiger partial charge in [0.2, 0.25) is 5.91 Å². The number of amides is 1. The molecule has 76 valence electrons. The highest BCUT2D eigenvalue weighted by Crippen LogP contribution is 2.30. The van der Waals surface area contributed by atoms with Crippen LogP contribution in [-0.4, -0.2) is 13.0 Å². The Morgan fingerprint density at radius 1 is 1.50 bits per heavy atom. The number of ether oxygens (including phenoxy) is 1. The fourth-order valence-corrected chi connectivity index (χ4v) is 1.38. The molecule has 1 amide bonds. The van der Waals surface area contributed by atoms with Crippen molar-refractivity contribution in [1.29, 1.82) is 0 Å². The van der Waals surface area contributed by atoms with Crippen molar-refractivity contribution in [3.8, 4) is 5.75 Å². The van der Waals surface area contributed by atoms with Gasteiger partial charge in [0, 0.05) is 12.6 Å². The zero-order valence-corrected chi connectivity index (χ0v) is 9.11. The van der Waals surface area contributed by atoms with Gasteiger partial charge in [-0.05, 0) is 24.6 Å². The van der Waals surface area contributed by atoms with Crippen LogP contribution in [0.3, 0.4) is 0 Å². The second-order valence-corrected chi connectivity index (χ2v) is 3.39. The average Bonchev–Trinajstić information content (AvgIpc) is 2.10. The summed E-state index contributed by atoms with van der Waals surface area (Å²) in [6, 6.07) is 3.46. The second kappa shape index (κ2) is 4.33. The Hall–Kier alpha value is -1.22. The molecule has 0 aliphatic heterocycles. The summed E-state index contributed by atoms with van der Waals surface area (Å²) in [6.07, 6.45) is 0. The van der Waals surface area contributed by atoms with E-state index in [9.17, 15) is 4.79 Å². The largest absolute Gasteiger partial charge is 0.495 e. The van der Waals surface area contributed by atoms with Crippen molar-refractivity contribution >= 4 is 23.2 Å². The molecule has 0 radical (unpaired) electrons. The van der Waals surface area contributed by atoms with Crippen LogP contribution in [0.4, 0.5) is 5.69 Å². The summed E-state index contributed by atoms with van der Waals surface area (Å²) in [4.78, 5) is 10.8. The lowest BCUT2D eigenvalue weighted by atomic mass is 10.2. The van der Waals surface area contributed by atoms with Gasteiger partial charge >= 0.3 is 0 Å². The van der Waals surface area contributed by atoms with Crippen LogP contribution in [0, 0.1) is 6.92 Å². The molecule has 0 saturated heterocycles. The summed E-state index contributed by atoms with van der Waals surface area (Å²) >= 11 is 5.91. The lowest BCUT2D eigenvalue weighted by Crippen LogP contribution is -2.07. The normalized spacial score (nSPS) is 9.71. The Labute approximate surface area is 88.0 Å². The third kappa shape index (κ3) is 2.39. The van der Waals surface area contributed by atoms with E-state index in [2.05, 4.69) is 5.32 Å². The maximum absolute atomic E-state index is 10.8. The van der Waals surface area contributed by atoms with Gasteiger partial charge in [-0.2, -0.15) is 0 Å². The van der Waals surface area contributed by atoms with E-state index in [1.807, 2.05) is 6.92 Å². The van der Waals surface area contributed by atoms with E-state index >= 15 is 0 Å². The van der Waals surface area contributed by atoms with Gasteiger partial charge in [-0.15, -0.1) is 0 Å². The van der Waals surface area contributed by atoms with Gasteiger partial charge in [0.25, 0.3) is 0 Å². The molecule has 0 aliphatic rings. The number of carbonyl (C=O) groups excluding carboxylic acids is 1. The fourth-order valence-electron chi connectivity index (χ4n) is 1.14. The number of rotatable bonds is 2. The van der Waals surface area contributed by atoms with Crippen LogP contribution >= 0.6 is 11.6 Å². The monoisotopic (exact) mass is 213 g/mol. The van der Waals surface area contributed by atoms with Gasteiger partial charge in [-0.1, -0.05) is 11.6 Å². The molecule has 0 unspecified atom stereocenters. The summed E-state index contributed by atoms with van der Waals surface area (Å²) in [5.74, 6) is 0.493. The Morgan fingerprint density at radius 3 is 2.64 bits per heavy atom. The lowest BCUT2D eigenvalue weighted by molar-refractivity contribution is -0.114. The fraction of sp³-hybridized carbons (Fsp3) is 0.300. The molecule has 1 aromatic carbocycles. The summed E-state index contributed by atoms with van der Waals surface area (Å²) in [7, 11) is 1.55. The maximum Gasteiger partial charge on any atom is 0.221 e. The van der Waals surface area contributed by atoms with Crippen molar-refractivity contribution in [2.75, 3.05) is 12.4 Å². The van der Waals surface area contributed by atoms with Gasteiger partial charge in [-0.3, -0.25) is 4.79 Å². The summed E-state index contributed by atoms with van der Waals surface area (Å²) in [6.45, 7) is 3.34. The maximum atomic E-state index is 10.8. The number of aryl methyl sites for hydroxylation is 1. The van der Waals surface area contributed by atoms with E-state index in [1.165, 1.54) is 6.92 Å². The number of anilines is 1. The van der Waals surface area contributed by atoms with Gasteiger partial charge in [-0.25, -0.2) is 0 Å². The topological polar surface area (TPSA) is 38.3 Å². The van der Waals surface area contributed by atoms with Crippen LogP contribution in [-0.2, 0) is 4.79 Å². The van der Waals surface area contributed by atoms with Crippen molar-refractivity contribution in [3.63, 3.8) is 0 Å². The number of carbonyl (C=O) groups is 1. The molecular weight excluding hydrogens is 202 g/mol. The molecular formula is C10H12ClNO2. The quantitative estimate of drug-likeness (QED) is 0.820. The molecule has 0 saturated carbocycles. The minimum absolute atomic E-state index is 0.116. The Morgan fingerprint density at radius 2 is 2.14 bits per heavy atom. The predicted octanol–water partition coefficient (Wildman–Crippen LogP) is 2.62. The molecule has 0 atom stereocenters. The molecule has 0 aliphatic carbocycles. The molecule has 0 aromatic heterocycles. The number of methoxy groups -OCH3 is 1. The van der Waals surface area contributed by atoms with Crippen LogP contribution in [0.25, 0.3) is 0 Å². The first-order valence-electron chi connectivity index (χ1n) is 4.16. The van der Waals surface area contributed by atoms with E-state index in [0.29, 0.717) is 16.5 Å². The highest BCUT2D eigenvalue weighted by molar-refractivity contribution is 6.32. The van der Waals surface area contributed by atoms with E-state index in [0.717, 1.165) is 5.56 Å². The molecule has 0 heterocycles. The first-order valence-corrected chi connectivity index (χ1v) is 4.54. The van der Waals surface area contributed by atoms with Crippen LogP contribution in [0.1, 0.15) is 12.5 Å². The van der Waals surface area contributed by atoms with Crippen molar-refractivity contribution in [3.05, 3.63) is 22.7 Å². The smallest absolute Gasteiger partial charge is 0.221 e. The van der Waals surface area contributed by atoms with Crippen LogP contribution in [0.15, 0.2) is 12.1 Å². The highest BCUT2D eigenvalue weighted by Gasteiger charge is 2.06. The molecule has 1 aromatic rings. The lowest BCUT2D eigenvalue weighted by Gasteiger charge is -2.10. The first-order chi connectivity index (χ1) is 6.54. The van der Waals surface area contributed by atoms with Crippen molar-refractivity contribution in [2.24, 2.45) is 0 Å². The zero-order valence-electron chi connectivity index (χ0n) is 8.35. The minimum Gasteiger partial charge on any atom is -0.495 e. The number of hydrogen-bond acceptors (Lipinski definition) is 2. The summed E-state index contributed by atoms with van der Waals surface area (Å²) < 4.78 is 5.04. The standard InChI is InChI=1S/C10H12ClNO2/c1-6-4-10(14-3)8(11)5-9(6)12-7(2)13/h4-5H,1-3H3,(H,12,13). The number of halogens is 1. The molecule has 0 spiro atoms. The van der Waals surface area contributed by atoms with Crippen molar-refractivity contribution in [2.45, 2.75) is 13.8 Å². The van der Waals surface area contributed by atoms with Gasteiger partial charge in [0.05, 0.1) is 12.1 Å². The van der Waals surface area contributed by atoms with Gasteiger partial charge in [0.15, 0.2) is 0 Å². The first kappa shape index (κ1) is 10.9. The molecule has 1 N–H and O–H groups in total. The minimum atomic E-state index is -0.116. The molecule has 3 nitrogen and oxygen atoms in total. The highest BCUT2D eigenvalue weighted by atomic mass is 35.5. The SMILES string of the molecule is COc1cc(C)c(NC(C)=O)cc1Cl. The van der Waals surface area contributed by atoms with E-state index in [4.69, 9.17) is 16.3 Å². The summed E-state index contributed by atoms with van der Waals surface area (Å²) in [5.41, 5.74) is 1.63. The summed E-state index contributed by atoms with van der Waals surface area (Å²) in [5, 5.41) is 3.17. The third-order valence-electron chi connectivity index (χ3n) is 1.81. The van der Waals surface area contributed by atoms with Gasteiger partial charge < -0.3 is 10.1 Å². The van der Waals surface area contributed by atoms with E-state index in [-0.39, 0.29) is 5.91 Å². The van der Waals surface area contributed by atoms with E-state index < -0.39 is 0 Å². The van der Waals surface area contributed by atoms with E-state index in [1.54, 1.807) is 19.2 Å². The Kier molecular flexibility index (Phi) is 3.36. The number of benzene rings is 1. The zero-order chi connectivity index (χ0) is 10.7. The number of nitrogens with one attached hydrogen (secondary N) is 1. The van der Waals surface area contributed by atoms with Gasteiger partial charge in [0.1, 0.15) is 5.75 Å².